The van der Waals surface area contributed by atoms with Gasteiger partial charge in [-0.25, -0.2) is 9.97 Å². The number of halogens is 1. The molecule has 5 heteroatoms. The van der Waals surface area contributed by atoms with Gasteiger partial charge in [0.2, 0.25) is 0 Å². The van der Waals surface area contributed by atoms with Gasteiger partial charge in [-0.2, -0.15) is 0 Å². The molecule has 1 fully saturated rings. The number of anilines is 1. The summed E-state index contributed by atoms with van der Waals surface area (Å²) in [4.78, 5) is 13.5. The van der Waals surface area contributed by atoms with Crippen LogP contribution in [0.5, 0.6) is 0 Å². The minimum Gasteiger partial charge on any atom is -0.355 e. The van der Waals surface area contributed by atoms with Gasteiger partial charge in [-0.15, -0.1) is 0 Å². The third-order valence-electron chi connectivity index (χ3n) is 3.84. The van der Waals surface area contributed by atoms with Gasteiger partial charge in [-0.1, -0.05) is 23.7 Å². The maximum atomic E-state index is 5.94. The highest BCUT2D eigenvalue weighted by Crippen LogP contribution is 2.23. The summed E-state index contributed by atoms with van der Waals surface area (Å²) in [5.74, 6) is 1.00. The Morgan fingerprint density at radius 3 is 2.62 bits per heavy atom. The summed E-state index contributed by atoms with van der Waals surface area (Å²) in [6, 6.07) is 9.82. The van der Waals surface area contributed by atoms with E-state index in [1.54, 1.807) is 6.33 Å². The second-order valence-electron chi connectivity index (χ2n) is 5.41. The van der Waals surface area contributed by atoms with Crippen molar-refractivity contribution in [2.45, 2.75) is 6.42 Å². The molecule has 0 radical (unpaired) electrons. The first-order valence-corrected chi connectivity index (χ1v) is 7.62. The molecule has 1 aliphatic heterocycles. The van der Waals surface area contributed by atoms with E-state index in [2.05, 4.69) is 32.9 Å². The molecule has 0 bridgehead atoms. The van der Waals surface area contributed by atoms with Crippen LogP contribution in [0.2, 0.25) is 5.02 Å². The van der Waals surface area contributed by atoms with Crippen molar-refractivity contribution >= 4 is 17.4 Å². The molecule has 0 saturated carbocycles. The smallest absolute Gasteiger partial charge is 0.132 e. The molecule has 2 aromatic rings. The average molecular weight is 303 g/mol. The monoisotopic (exact) mass is 302 g/mol. The SMILES string of the molecule is CN1CCCN(c2cc(-c3ccc(Cl)cc3)ncn2)CC1. The molecule has 1 saturated heterocycles. The number of hydrogen-bond donors (Lipinski definition) is 0. The van der Waals surface area contributed by atoms with Crippen LogP contribution in [0.25, 0.3) is 11.3 Å². The zero-order valence-corrected chi connectivity index (χ0v) is 12.9. The predicted octanol–water partition coefficient (Wildman–Crippen LogP) is 2.94. The molecule has 110 valence electrons. The predicted molar refractivity (Wildman–Crippen MR) is 86.8 cm³/mol. The van der Waals surface area contributed by atoms with Crippen molar-refractivity contribution in [3.8, 4) is 11.3 Å². The van der Waals surface area contributed by atoms with Crippen LogP contribution < -0.4 is 4.90 Å². The molecule has 0 atom stereocenters. The van der Waals surface area contributed by atoms with Crippen molar-refractivity contribution in [3.63, 3.8) is 0 Å². The van der Waals surface area contributed by atoms with E-state index >= 15 is 0 Å². The number of hydrogen-bond acceptors (Lipinski definition) is 4. The minimum atomic E-state index is 0.739. The summed E-state index contributed by atoms with van der Waals surface area (Å²) in [5, 5.41) is 0.739. The fourth-order valence-corrected chi connectivity index (χ4v) is 2.70. The number of benzene rings is 1. The fourth-order valence-electron chi connectivity index (χ4n) is 2.57. The van der Waals surface area contributed by atoms with E-state index in [9.17, 15) is 0 Å². The second kappa shape index (κ2) is 6.41. The molecule has 1 aromatic carbocycles. The number of nitrogens with zero attached hydrogens (tertiary/aromatic N) is 4. The summed E-state index contributed by atoms with van der Waals surface area (Å²) < 4.78 is 0. The van der Waals surface area contributed by atoms with Gasteiger partial charge in [0.15, 0.2) is 0 Å². The summed E-state index contributed by atoms with van der Waals surface area (Å²) in [5.41, 5.74) is 2.00. The summed E-state index contributed by atoms with van der Waals surface area (Å²) in [6.45, 7) is 4.26. The van der Waals surface area contributed by atoms with Crippen molar-refractivity contribution in [1.29, 1.82) is 0 Å². The van der Waals surface area contributed by atoms with Crippen LogP contribution in [-0.4, -0.2) is 48.1 Å². The van der Waals surface area contributed by atoms with Crippen molar-refractivity contribution in [1.82, 2.24) is 14.9 Å². The van der Waals surface area contributed by atoms with E-state index in [1.807, 2.05) is 24.3 Å². The molecule has 0 amide bonds. The van der Waals surface area contributed by atoms with Crippen molar-refractivity contribution in [2.24, 2.45) is 0 Å². The fraction of sp³-hybridized carbons (Fsp3) is 0.375. The summed E-state index contributed by atoms with van der Waals surface area (Å²) in [7, 11) is 2.17. The number of rotatable bonds is 2. The zero-order chi connectivity index (χ0) is 14.7. The highest BCUT2D eigenvalue weighted by Gasteiger charge is 2.14. The van der Waals surface area contributed by atoms with Crippen LogP contribution >= 0.6 is 11.6 Å². The summed E-state index contributed by atoms with van der Waals surface area (Å²) in [6.07, 6.45) is 2.81. The van der Waals surface area contributed by atoms with Gasteiger partial charge in [0.25, 0.3) is 0 Å². The Morgan fingerprint density at radius 2 is 1.81 bits per heavy atom. The normalized spacial score (nSPS) is 16.8. The Bertz CT molecular complexity index is 599. The first kappa shape index (κ1) is 14.3. The van der Waals surface area contributed by atoms with Crippen LogP contribution in [0.15, 0.2) is 36.7 Å². The van der Waals surface area contributed by atoms with Crippen molar-refractivity contribution in [3.05, 3.63) is 41.7 Å². The molecule has 3 rings (SSSR count). The van der Waals surface area contributed by atoms with Crippen molar-refractivity contribution < 1.29 is 0 Å². The van der Waals surface area contributed by atoms with E-state index in [0.29, 0.717) is 0 Å². The summed E-state index contributed by atoms with van der Waals surface area (Å²) >= 11 is 5.94. The van der Waals surface area contributed by atoms with Crippen LogP contribution in [0.4, 0.5) is 5.82 Å². The molecule has 0 spiro atoms. The molecule has 4 nitrogen and oxygen atoms in total. The van der Waals surface area contributed by atoms with Crippen molar-refractivity contribution in [2.75, 3.05) is 38.1 Å². The van der Waals surface area contributed by atoms with Gasteiger partial charge in [0.05, 0.1) is 5.69 Å². The lowest BCUT2D eigenvalue weighted by molar-refractivity contribution is 0.360. The van der Waals surface area contributed by atoms with Gasteiger partial charge >= 0.3 is 0 Å². The van der Waals surface area contributed by atoms with Gasteiger partial charge in [0.1, 0.15) is 12.1 Å². The van der Waals surface area contributed by atoms with Gasteiger partial charge in [-0.05, 0) is 32.1 Å². The highest BCUT2D eigenvalue weighted by molar-refractivity contribution is 6.30. The number of aromatic nitrogens is 2. The molecule has 1 aliphatic rings. The Morgan fingerprint density at radius 1 is 1.00 bits per heavy atom. The maximum Gasteiger partial charge on any atom is 0.132 e. The first-order valence-electron chi connectivity index (χ1n) is 7.24. The van der Waals surface area contributed by atoms with E-state index in [1.165, 1.54) is 0 Å². The Kier molecular flexibility index (Phi) is 4.36. The molecule has 21 heavy (non-hydrogen) atoms. The first-order chi connectivity index (χ1) is 10.2. The lowest BCUT2D eigenvalue weighted by atomic mass is 10.1. The topological polar surface area (TPSA) is 32.3 Å². The minimum absolute atomic E-state index is 0.739. The lowest BCUT2D eigenvalue weighted by Gasteiger charge is -2.21. The Labute approximate surface area is 130 Å². The Balaban J connectivity index is 1.84. The van der Waals surface area contributed by atoms with Crippen LogP contribution in [0.1, 0.15) is 6.42 Å². The third kappa shape index (κ3) is 3.52. The van der Waals surface area contributed by atoms with E-state index in [-0.39, 0.29) is 0 Å². The highest BCUT2D eigenvalue weighted by atomic mass is 35.5. The second-order valence-corrected chi connectivity index (χ2v) is 5.85. The lowest BCUT2D eigenvalue weighted by Crippen LogP contribution is -2.29. The largest absolute Gasteiger partial charge is 0.355 e. The van der Waals surface area contributed by atoms with E-state index in [4.69, 9.17) is 11.6 Å². The molecular formula is C16H19ClN4. The molecule has 2 heterocycles. The van der Waals surface area contributed by atoms with E-state index in [0.717, 1.165) is 54.7 Å². The number of likely N-dealkylation sites (N-methyl/N-ethyl adjacent to an activating group) is 1. The van der Waals surface area contributed by atoms with Gasteiger partial charge < -0.3 is 9.80 Å². The standard InChI is InChI=1S/C16H19ClN4/c1-20-7-2-8-21(10-9-20)16-11-15(18-12-19-16)13-3-5-14(17)6-4-13/h3-6,11-12H,2,7-10H2,1H3. The molecule has 0 unspecified atom stereocenters. The van der Waals surface area contributed by atoms with Gasteiger partial charge in [0, 0.05) is 36.3 Å². The molecule has 0 aliphatic carbocycles. The molecular weight excluding hydrogens is 284 g/mol. The zero-order valence-electron chi connectivity index (χ0n) is 12.2. The van der Waals surface area contributed by atoms with Crippen LogP contribution in [0.3, 0.4) is 0 Å². The third-order valence-corrected chi connectivity index (χ3v) is 4.09. The van der Waals surface area contributed by atoms with Crippen LogP contribution in [-0.2, 0) is 0 Å². The van der Waals surface area contributed by atoms with E-state index < -0.39 is 0 Å². The molecule has 0 N–H and O–H groups in total. The quantitative estimate of drug-likeness (QED) is 0.854. The maximum absolute atomic E-state index is 5.94. The van der Waals surface area contributed by atoms with Crippen LogP contribution in [0, 0.1) is 0 Å². The van der Waals surface area contributed by atoms with Gasteiger partial charge in [-0.3, -0.25) is 0 Å². The average Bonchev–Trinajstić information content (AvgIpc) is 2.73. The Hall–Kier alpha value is -1.65. The molecule has 1 aromatic heterocycles.